The van der Waals surface area contributed by atoms with Gasteiger partial charge in [-0.1, -0.05) is 40.2 Å². The number of fused-ring (bicyclic) bond motifs is 2. The molecular formula is C19H14BrN3O. The zero-order valence-electron chi connectivity index (χ0n) is 12.8. The van der Waals surface area contributed by atoms with Gasteiger partial charge in [-0.05, 0) is 36.8 Å². The lowest BCUT2D eigenvalue weighted by Crippen LogP contribution is -2.04. The molecule has 0 bridgehead atoms. The Hall–Kier alpha value is -2.53. The van der Waals surface area contributed by atoms with Crippen molar-refractivity contribution >= 4 is 32.7 Å². The Labute approximate surface area is 147 Å². The average Bonchev–Trinajstić information content (AvgIpc) is 3.28. The molecule has 0 aliphatic carbocycles. The molecule has 0 unspecified atom stereocenters. The topological polar surface area (TPSA) is 43.0 Å². The summed E-state index contributed by atoms with van der Waals surface area (Å²) in [7, 11) is 0. The molecule has 5 rings (SSSR count). The summed E-state index contributed by atoms with van der Waals surface area (Å²) in [5.41, 5.74) is 4.06. The first-order valence-corrected chi connectivity index (χ1v) is 8.69. The Morgan fingerprint density at radius 2 is 2.00 bits per heavy atom. The summed E-state index contributed by atoms with van der Waals surface area (Å²) < 4.78 is 9.04. The van der Waals surface area contributed by atoms with Gasteiger partial charge in [-0.3, -0.25) is 0 Å². The number of hydrogen-bond donors (Lipinski definition) is 1. The second kappa shape index (κ2) is 5.24. The van der Waals surface area contributed by atoms with E-state index in [4.69, 9.17) is 9.52 Å². The molecule has 5 heteroatoms. The number of nitrogens with one attached hydrogen (secondary N) is 1. The normalized spacial score (nSPS) is 13.2. The second-order valence-corrected chi connectivity index (χ2v) is 6.81. The zero-order chi connectivity index (χ0) is 16.1. The lowest BCUT2D eigenvalue weighted by Gasteiger charge is -2.06. The molecule has 0 spiro atoms. The fraction of sp³-hybridized carbons (Fsp3) is 0.105. The van der Waals surface area contributed by atoms with Crippen LogP contribution in [0.25, 0.3) is 28.1 Å². The number of rotatable bonds is 2. The predicted molar refractivity (Wildman–Crippen MR) is 98.7 cm³/mol. The van der Waals surface area contributed by atoms with E-state index in [1.165, 1.54) is 5.56 Å². The van der Waals surface area contributed by atoms with Gasteiger partial charge in [0.25, 0.3) is 0 Å². The van der Waals surface area contributed by atoms with Crippen LogP contribution in [0.1, 0.15) is 5.56 Å². The number of para-hydroxylation sites is 1. The minimum Gasteiger partial charge on any atom is -0.454 e. The smallest absolute Gasteiger partial charge is 0.156 e. The highest BCUT2D eigenvalue weighted by molar-refractivity contribution is 9.10. The molecule has 1 aliphatic heterocycles. The Bertz CT molecular complexity index is 1030. The van der Waals surface area contributed by atoms with E-state index in [-0.39, 0.29) is 0 Å². The maximum Gasteiger partial charge on any atom is 0.156 e. The average molecular weight is 380 g/mol. The Balaban J connectivity index is 1.71. The lowest BCUT2D eigenvalue weighted by molar-refractivity contribution is 0.626. The summed E-state index contributed by atoms with van der Waals surface area (Å²) in [6.07, 6.45) is 0.954. The van der Waals surface area contributed by atoms with Crippen molar-refractivity contribution in [1.82, 2.24) is 9.78 Å². The van der Waals surface area contributed by atoms with Crippen molar-refractivity contribution in [2.75, 3.05) is 11.9 Å². The Morgan fingerprint density at radius 1 is 1.08 bits per heavy atom. The van der Waals surface area contributed by atoms with Crippen LogP contribution in [0.2, 0.25) is 0 Å². The van der Waals surface area contributed by atoms with Gasteiger partial charge in [0.15, 0.2) is 5.76 Å². The fourth-order valence-electron chi connectivity index (χ4n) is 3.27. The number of anilines is 1. The summed E-state index contributed by atoms with van der Waals surface area (Å²) in [5.74, 6) is 1.88. The SMILES string of the molecule is Brc1cccc(-n2nc(-c3cc4ccccc4o3)c3c2NCC3)c1. The molecule has 3 heterocycles. The lowest BCUT2D eigenvalue weighted by atomic mass is 10.1. The van der Waals surface area contributed by atoms with Crippen LogP contribution in [0.5, 0.6) is 0 Å². The minimum atomic E-state index is 0.824. The molecule has 118 valence electrons. The minimum absolute atomic E-state index is 0.824. The zero-order valence-corrected chi connectivity index (χ0v) is 14.4. The van der Waals surface area contributed by atoms with Crippen molar-refractivity contribution < 1.29 is 4.42 Å². The van der Waals surface area contributed by atoms with E-state index >= 15 is 0 Å². The van der Waals surface area contributed by atoms with Crippen LogP contribution in [-0.2, 0) is 6.42 Å². The van der Waals surface area contributed by atoms with Gasteiger partial charge in [-0.2, -0.15) is 5.10 Å². The summed E-state index contributed by atoms with van der Waals surface area (Å²) in [6.45, 7) is 0.925. The molecule has 2 aromatic heterocycles. The molecule has 1 aliphatic rings. The molecule has 1 N–H and O–H groups in total. The maximum absolute atomic E-state index is 6.04. The van der Waals surface area contributed by atoms with Crippen LogP contribution in [0.4, 0.5) is 5.82 Å². The molecule has 0 atom stereocenters. The van der Waals surface area contributed by atoms with Crippen LogP contribution in [-0.4, -0.2) is 16.3 Å². The van der Waals surface area contributed by atoms with Crippen LogP contribution in [0.3, 0.4) is 0 Å². The first kappa shape index (κ1) is 13.9. The van der Waals surface area contributed by atoms with E-state index in [9.17, 15) is 0 Å². The molecule has 0 saturated carbocycles. The highest BCUT2D eigenvalue weighted by Gasteiger charge is 2.25. The Kier molecular flexibility index (Phi) is 3.03. The maximum atomic E-state index is 6.04. The third-order valence-corrected chi connectivity index (χ3v) is 4.86. The largest absolute Gasteiger partial charge is 0.454 e. The fourth-order valence-corrected chi connectivity index (χ4v) is 3.65. The van der Waals surface area contributed by atoms with Gasteiger partial charge in [-0.15, -0.1) is 0 Å². The van der Waals surface area contributed by atoms with Gasteiger partial charge < -0.3 is 9.73 Å². The van der Waals surface area contributed by atoms with Crippen molar-refractivity contribution in [3.05, 3.63) is 64.6 Å². The van der Waals surface area contributed by atoms with E-state index in [1.807, 2.05) is 35.0 Å². The van der Waals surface area contributed by atoms with Gasteiger partial charge in [0, 0.05) is 22.0 Å². The first-order valence-electron chi connectivity index (χ1n) is 7.90. The van der Waals surface area contributed by atoms with Crippen LogP contribution < -0.4 is 5.32 Å². The quantitative estimate of drug-likeness (QED) is 0.531. The number of hydrogen-bond acceptors (Lipinski definition) is 3. The van der Waals surface area contributed by atoms with Crippen LogP contribution in [0.15, 0.2) is 63.5 Å². The van der Waals surface area contributed by atoms with Gasteiger partial charge in [0.1, 0.15) is 17.1 Å². The molecule has 2 aromatic carbocycles. The summed E-state index contributed by atoms with van der Waals surface area (Å²) in [6, 6.07) is 18.3. The van der Waals surface area contributed by atoms with Crippen molar-refractivity contribution in [3.63, 3.8) is 0 Å². The van der Waals surface area contributed by atoms with Crippen molar-refractivity contribution in [3.8, 4) is 17.1 Å². The highest BCUT2D eigenvalue weighted by atomic mass is 79.9. The third-order valence-electron chi connectivity index (χ3n) is 4.36. The Morgan fingerprint density at radius 3 is 2.88 bits per heavy atom. The van der Waals surface area contributed by atoms with E-state index in [1.54, 1.807) is 0 Å². The molecule has 0 amide bonds. The van der Waals surface area contributed by atoms with E-state index < -0.39 is 0 Å². The van der Waals surface area contributed by atoms with Crippen LogP contribution in [0, 0.1) is 0 Å². The molecule has 0 saturated heterocycles. The monoisotopic (exact) mass is 379 g/mol. The molecule has 0 radical (unpaired) electrons. The third kappa shape index (κ3) is 2.08. The second-order valence-electron chi connectivity index (χ2n) is 5.89. The first-order chi connectivity index (χ1) is 11.8. The standard InChI is InChI=1S/C19H14BrN3O/c20-13-5-3-6-14(11-13)23-19-15(8-9-21-19)18(22-23)17-10-12-4-1-2-7-16(12)24-17/h1-7,10-11,21H,8-9H2. The summed E-state index contributed by atoms with van der Waals surface area (Å²) >= 11 is 3.54. The van der Waals surface area contributed by atoms with Crippen molar-refractivity contribution in [2.24, 2.45) is 0 Å². The van der Waals surface area contributed by atoms with E-state index in [0.717, 1.165) is 51.4 Å². The summed E-state index contributed by atoms with van der Waals surface area (Å²) in [4.78, 5) is 0. The number of halogens is 1. The van der Waals surface area contributed by atoms with Crippen molar-refractivity contribution in [1.29, 1.82) is 0 Å². The van der Waals surface area contributed by atoms with E-state index in [2.05, 4.69) is 45.5 Å². The summed E-state index contributed by atoms with van der Waals surface area (Å²) in [5, 5.41) is 9.40. The molecule has 4 nitrogen and oxygen atoms in total. The number of nitrogens with zero attached hydrogens (tertiary/aromatic N) is 2. The van der Waals surface area contributed by atoms with Gasteiger partial charge in [0.05, 0.1) is 5.69 Å². The number of benzene rings is 2. The van der Waals surface area contributed by atoms with Gasteiger partial charge >= 0.3 is 0 Å². The molecule has 24 heavy (non-hydrogen) atoms. The van der Waals surface area contributed by atoms with Crippen LogP contribution >= 0.6 is 15.9 Å². The molecule has 0 fully saturated rings. The van der Waals surface area contributed by atoms with Crippen molar-refractivity contribution in [2.45, 2.75) is 6.42 Å². The predicted octanol–water partition coefficient (Wildman–Crippen LogP) is 5.02. The number of furan rings is 1. The van der Waals surface area contributed by atoms with Gasteiger partial charge in [0.2, 0.25) is 0 Å². The highest BCUT2D eigenvalue weighted by Crippen LogP contribution is 2.37. The molecule has 4 aromatic rings. The number of aromatic nitrogens is 2. The van der Waals surface area contributed by atoms with E-state index in [0.29, 0.717) is 0 Å². The van der Waals surface area contributed by atoms with Gasteiger partial charge in [-0.25, -0.2) is 4.68 Å². The molecular weight excluding hydrogens is 366 g/mol.